The zero-order valence-electron chi connectivity index (χ0n) is 18.7. The monoisotopic (exact) mass is 440 g/mol. The van der Waals surface area contributed by atoms with Crippen molar-refractivity contribution < 1.29 is 13.9 Å². The number of fused-ring (bicyclic) bond motifs is 2. The van der Waals surface area contributed by atoms with Crippen molar-refractivity contribution in [3.8, 4) is 17.0 Å². The molecule has 0 spiro atoms. The topological polar surface area (TPSA) is 80.8 Å². The highest BCUT2D eigenvalue weighted by molar-refractivity contribution is 5.89. The highest BCUT2D eigenvalue weighted by Crippen LogP contribution is 2.40. The molecule has 0 radical (unpaired) electrons. The Kier molecular flexibility index (Phi) is 4.37. The normalized spacial score (nSPS) is 22.6. The van der Waals surface area contributed by atoms with Gasteiger partial charge in [0.25, 0.3) is 0 Å². The van der Waals surface area contributed by atoms with Crippen LogP contribution in [0.1, 0.15) is 40.2 Å². The fourth-order valence-corrected chi connectivity index (χ4v) is 5.12. The van der Waals surface area contributed by atoms with Crippen molar-refractivity contribution in [1.82, 2.24) is 29.9 Å². The Labute approximate surface area is 184 Å². The second kappa shape index (κ2) is 6.71. The first-order valence-electron chi connectivity index (χ1n) is 10.6. The van der Waals surface area contributed by atoms with E-state index in [0.29, 0.717) is 23.1 Å². The highest BCUT2D eigenvalue weighted by Gasteiger charge is 2.47. The van der Waals surface area contributed by atoms with Gasteiger partial charge in [0.2, 0.25) is 0 Å². The van der Waals surface area contributed by atoms with Crippen molar-refractivity contribution in [2.75, 3.05) is 0 Å². The van der Waals surface area contributed by atoms with E-state index in [1.807, 2.05) is 30.7 Å². The number of phenols is 1. The first kappa shape index (κ1) is 20.8. The van der Waals surface area contributed by atoms with Gasteiger partial charge in [-0.3, -0.25) is 4.68 Å². The number of piperidine rings is 1. The standard InChI is InChI=1S/C23H26F2N6O/c1-22(2)10-16(20(25)23(3,4)29-22)31-7-6-12-9-15(26-27-21(12)31)14-8-13-11-30(5)28-18(13)17(24)19(14)32/h6-9,11,16,20,29,32H,10H2,1-5H3/t16-,20-/m0/s1. The Bertz CT molecular complexity index is 1360. The fourth-order valence-electron chi connectivity index (χ4n) is 5.12. The molecule has 4 heterocycles. The third-order valence-electron chi connectivity index (χ3n) is 6.33. The summed E-state index contributed by atoms with van der Waals surface area (Å²) >= 11 is 0. The van der Waals surface area contributed by atoms with Crippen LogP contribution in [0.15, 0.2) is 30.6 Å². The summed E-state index contributed by atoms with van der Waals surface area (Å²) in [5, 5.41) is 27.8. The predicted molar refractivity (Wildman–Crippen MR) is 119 cm³/mol. The van der Waals surface area contributed by atoms with Gasteiger partial charge in [-0.15, -0.1) is 10.2 Å². The zero-order chi connectivity index (χ0) is 23.0. The minimum Gasteiger partial charge on any atom is -0.504 e. The summed E-state index contributed by atoms with van der Waals surface area (Å²) in [5.41, 5.74) is 0.274. The van der Waals surface area contributed by atoms with Gasteiger partial charge in [0.05, 0.1) is 11.7 Å². The molecule has 0 saturated carbocycles. The molecule has 7 nitrogen and oxygen atoms in total. The molecule has 0 bridgehead atoms. The van der Waals surface area contributed by atoms with Gasteiger partial charge < -0.3 is 15.0 Å². The van der Waals surface area contributed by atoms with E-state index in [0.717, 1.165) is 5.39 Å². The van der Waals surface area contributed by atoms with Crippen molar-refractivity contribution in [1.29, 1.82) is 0 Å². The van der Waals surface area contributed by atoms with Gasteiger partial charge in [-0.2, -0.15) is 5.10 Å². The SMILES string of the molecule is Cn1cc2cc(-c3cc4ccn([C@H]5CC(C)(C)NC(C)(C)[C@H]5F)c4nn3)c(O)c(F)c2n1. The highest BCUT2D eigenvalue weighted by atomic mass is 19.1. The lowest BCUT2D eigenvalue weighted by Crippen LogP contribution is -2.64. The van der Waals surface area contributed by atoms with E-state index in [2.05, 4.69) is 34.5 Å². The molecule has 9 heteroatoms. The van der Waals surface area contributed by atoms with Crippen molar-refractivity contribution in [2.24, 2.45) is 7.05 Å². The van der Waals surface area contributed by atoms with Crippen LogP contribution in [-0.4, -0.2) is 46.9 Å². The van der Waals surface area contributed by atoms with Gasteiger partial charge in [-0.25, -0.2) is 8.78 Å². The van der Waals surface area contributed by atoms with E-state index in [1.165, 1.54) is 4.68 Å². The minimum atomic E-state index is -1.13. The number of aromatic nitrogens is 5. The van der Waals surface area contributed by atoms with Crippen LogP contribution in [0.3, 0.4) is 0 Å². The van der Waals surface area contributed by atoms with E-state index in [1.54, 1.807) is 25.4 Å². The Morgan fingerprint density at radius 2 is 1.91 bits per heavy atom. The molecule has 0 unspecified atom stereocenters. The Morgan fingerprint density at radius 1 is 1.16 bits per heavy atom. The third kappa shape index (κ3) is 3.14. The summed E-state index contributed by atoms with van der Waals surface area (Å²) in [6.45, 7) is 7.87. The number of hydrogen-bond acceptors (Lipinski definition) is 5. The molecular formula is C23H26F2N6O. The first-order valence-corrected chi connectivity index (χ1v) is 10.6. The second-order valence-corrected chi connectivity index (χ2v) is 9.96. The number of halogens is 2. The molecule has 1 fully saturated rings. The second-order valence-electron chi connectivity index (χ2n) is 9.96. The summed E-state index contributed by atoms with van der Waals surface area (Å²) in [7, 11) is 1.69. The summed E-state index contributed by atoms with van der Waals surface area (Å²) in [6, 6.07) is 4.82. The number of hydrogen-bond donors (Lipinski definition) is 2. The van der Waals surface area contributed by atoms with Crippen molar-refractivity contribution in [3.63, 3.8) is 0 Å². The molecule has 3 aromatic heterocycles. The van der Waals surface area contributed by atoms with E-state index < -0.39 is 29.3 Å². The third-order valence-corrected chi connectivity index (χ3v) is 6.33. The molecule has 0 aliphatic carbocycles. The lowest BCUT2D eigenvalue weighted by atomic mass is 9.78. The molecule has 168 valence electrons. The number of alkyl halides is 1. The molecule has 1 aliphatic rings. The molecule has 32 heavy (non-hydrogen) atoms. The molecule has 4 aromatic rings. The van der Waals surface area contributed by atoms with Crippen LogP contribution in [-0.2, 0) is 7.05 Å². The molecule has 0 amide bonds. The molecular weight excluding hydrogens is 414 g/mol. The molecule has 2 atom stereocenters. The van der Waals surface area contributed by atoms with Crippen molar-refractivity contribution in [2.45, 2.75) is 57.4 Å². The summed E-state index contributed by atoms with van der Waals surface area (Å²) in [4.78, 5) is 0. The number of rotatable bonds is 2. The fraction of sp³-hybridized carbons (Fsp3) is 0.435. The van der Waals surface area contributed by atoms with Crippen LogP contribution in [0.5, 0.6) is 5.75 Å². The Morgan fingerprint density at radius 3 is 2.66 bits per heavy atom. The van der Waals surface area contributed by atoms with Gasteiger partial charge in [0.1, 0.15) is 11.7 Å². The van der Waals surface area contributed by atoms with Gasteiger partial charge >= 0.3 is 0 Å². The molecule has 1 saturated heterocycles. The Balaban J connectivity index is 1.60. The number of aryl methyl sites for hydroxylation is 1. The Hall–Kier alpha value is -3.07. The number of benzene rings is 1. The predicted octanol–water partition coefficient (Wildman–Crippen LogP) is 4.26. The smallest absolute Gasteiger partial charge is 0.193 e. The molecule has 1 aliphatic heterocycles. The lowest BCUT2D eigenvalue weighted by Gasteiger charge is -2.49. The summed E-state index contributed by atoms with van der Waals surface area (Å²) in [6.07, 6.45) is 2.96. The average molecular weight is 440 g/mol. The van der Waals surface area contributed by atoms with E-state index in [4.69, 9.17) is 0 Å². The quantitative estimate of drug-likeness (QED) is 0.487. The van der Waals surface area contributed by atoms with E-state index >= 15 is 4.39 Å². The maximum absolute atomic E-state index is 15.4. The van der Waals surface area contributed by atoms with Gasteiger partial charge in [0, 0.05) is 46.9 Å². The maximum atomic E-state index is 15.4. The average Bonchev–Trinajstić information content (AvgIpc) is 3.29. The minimum absolute atomic E-state index is 0.0964. The number of nitrogens with one attached hydrogen (secondary N) is 1. The summed E-state index contributed by atoms with van der Waals surface area (Å²) in [5.74, 6) is -1.31. The van der Waals surface area contributed by atoms with Crippen LogP contribution in [0.4, 0.5) is 8.78 Å². The number of nitrogens with zero attached hydrogens (tertiary/aromatic N) is 5. The van der Waals surface area contributed by atoms with Crippen LogP contribution in [0.2, 0.25) is 0 Å². The molecule has 2 N–H and O–H groups in total. The lowest BCUT2D eigenvalue weighted by molar-refractivity contribution is 0.0313. The maximum Gasteiger partial charge on any atom is 0.193 e. The van der Waals surface area contributed by atoms with E-state index in [9.17, 15) is 9.50 Å². The van der Waals surface area contributed by atoms with E-state index in [-0.39, 0.29) is 16.6 Å². The van der Waals surface area contributed by atoms with Gasteiger partial charge in [-0.1, -0.05) is 0 Å². The zero-order valence-corrected chi connectivity index (χ0v) is 18.7. The van der Waals surface area contributed by atoms with Gasteiger partial charge in [0.15, 0.2) is 17.2 Å². The molecule has 1 aromatic carbocycles. The summed E-state index contributed by atoms with van der Waals surface area (Å²) < 4.78 is 33.4. The van der Waals surface area contributed by atoms with Crippen LogP contribution in [0, 0.1) is 5.82 Å². The van der Waals surface area contributed by atoms with Crippen LogP contribution < -0.4 is 5.32 Å². The van der Waals surface area contributed by atoms with Crippen molar-refractivity contribution in [3.05, 3.63) is 36.4 Å². The van der Waals surface area contributed by atoms with Gasteiger partial charge in [-0.05, 0) is 52.3 Å². The largest absolute Gasteiger partial charge is 0.504 e. The first-order chi connectivity index (χ1) is 15.0. The van der Waals surface area contributed by atoms with Crippen LogP contribution in [0.25, 0.3) is 33.2 Å². The number of phenolic OH excluding ortho intramolecular Hbond substituents is 1. The van der Waals surface area contributed by atoms with Crippen LogP contribution >= 0.6 is 0 Å². The molecule has 5 rings (SSSR count). The van der Waals surface area contributed by atoms with Crippen molar-refractivity contribution >= 4 is 21.9 Å². The number of aromatic hydroxyl groups is 1.